The average molecular weight is 477 g/mol. The molecule has 9 nitrogen and oxygen atoms in total. The average Bonchev–Trinajstić information content (AvgIpc) is 3.38. The molecule has 0 spiro atoms. The van der Waals surface area contributed by atoms with Gasteiger partial charge in [0, 0.05) is 38.8 Å². The number of aromatic nitrogens is 1. The van der Waals surface area contributed by atoms with Crippen molar-refractivity contribution in [2.75, 3.05) is 21.5 Å². The summed E-state index contributed by atoms with van der Waals surface area (Å²) >= 11 is 1.17. The summed E-state index contributed by atoms with van der Waals surface area (Å²) in [5, 5.41) is 4.55. The molecule has 1 fully saturated rings. The maximum atomic E-state index is 12.7. The van der Waals surface area contributed by atoms with Crippen LogP contribution in [0.2, 0.25) is 0 Å². The first kappa shape index (κ1) is 21.8. The number of amides is 2. The number of rotatable bonds is 6. The molecule has 3 aromatic rings. The lowest BCUT2D eigenvalue weighted by atomic mass is 10.2. The van der Waals surface area contributed by atoms with E-state index in [9.17, 15) is 18.0 Å². The van der Waals surface area contributed by atoms with Crippen LogP contribution < -0.4 is 14.9 Å². The Morgan fingerprint density at radius 1 is 1.25 bits per heavy atom. The molecule has 1 aliphatic rings. The molecule has 2 N–H and O–H groups in total. The van der Waals surface area contributed by atoms with Gasteiger partial charge in [0.05, 0.1) is 4.90 Å². The van der Waals surface area contributed by atoms with Crippen LogP contribution >= 0.6 is 11.3 Å². The molecule has 4 rings (SSSR count). The van der Waals surface area contributed by atoms with Gasteiger partial charge in [-0.25, -0.2) is 18.2 Å². The molecular weight excluding hydrogens is 452 g/mol. The van der Waals surface area contributed by atoms with Crippen LogP contribution in [0.4, 0.5) is 21.3 Å². The molecule has 0 unspecified atom stereocenters. The van der Waals surface area contributed by atoms with E-state index >= 15 is 0 Å². The Morgan fingerprint density at radius 2 is 2.03 bits per heavy atom. The standard InChI is InChI=1S/C21H20N4O5S2.2H2/c1-14-3-2-4-15(13-14)23-21(27)30-18-9-11-25(19(18)26)16-5-7-17(8-6-16)32(28,29)24-20-22-10-12-31-20;;/h2-8,10,12-13,18H,9,11H2,1H3,(H,22,24)(H,23,27);2*1H/t18-;;/m0../s1. The van der Waals surface area contributed by atoms with E-state index in [-0.39, 0.29) is 18.8 Å². The Balaban J connectivity index is 0.00000204. The van der Waals surface area contributed by atoms with E-state index in [1.54, 1.807) is 29.6 Å². The van der Waals surface area contributed by atoms with Crippen molar-refractivity contribution in [2.24, 2.45) is 0 Å². The summed E-state index contributed by atoms with van der Waals surface area (Å²) < 4.78 is 32.6. The van der Waals surface area contributed by atoms with Crippen molar-refractivity contribution in [3.63, 3.8) is 0 Å². The van der Waals surface area contributed by atoms with E-state index in [1.165, 1.54) is 34.6 Å². The van der Waals surface area contributed by atoms with Crippen LogP contribution in [0.15, 0.2) is 65.0 Å². The molecule has 0 bridgehead atoms. The summed E-state index contributed by atoms with van der Waals surface area (Å²) in [6.45, 7) is 2.26. The lowest BCUT2D eigenvalue weighted by molar-refractivity contribution is -0.124. The van der Waals surface area contributed by atoms with Crippen LogP contribution in [0.1, 0.15) is 14.8 Å². The van der Waals surface area contributed by atoms with Gasteiger partial charge < -0.3 is 9.64 Å². The van der Waals surface area contributed by atoms with Crippen molar-refractivity contribution in [1.29, 1.82) is 0 Å². The quantitative estimate of drug-likeness (QED) is 0.553. The smallest absolute Gasteiger partial charge is 0.412 e. The van der Waals surface area contributed by atoms with E-state index in [2.05, 4.69) is 15.0 Å². The highest BCUT2D eigenvalue weighted by Gasteiger charge is 2.35. The summed E-state index contributed by atoms with van der Waals surface area (Å²) in [6.07, 6.45) is 0.232. The third kappa shape index (κ3) is 4.89. The molecular formula is C21H24N4O5S2. The minimum absolute atomic E-state index is 0. The number of sulfonamides is 1. The molecule has 32 heavy (non-hydrogen) atoms. The second-order valence-electron chi connectivity index (χ2n) is 7.10. The molecule has 0 radical (unpaired) electrons. The molecule has 1 aliphatic heterocycles. The van der Waals surface area contributed by atoms with Crippen molar-refractivity contribution in [2.45, 2.75) is 24.3 Å². The van der Waals surface area contributed by atoms with Gasteiger partial charge >= 0.3 is 6.09 Å². The zero-order valence-corrected chi connectivity index (χ0v) is 18.7. The Hall–Kier alpha value is -3.44. The number of hydrogen-bond acceptors (Lipinski definition) is 7. The second-order valence-corrected chi connectivity index (χ2v) is 9.68. The first-order valence-corrected chi connectivity index (χ1v) is 12.1. The van der Waals surface area contributed by atoms with Crippen molar-refractivity contribution >= 4 is 49.9 Å². The minimum Gasteiger partial charge on any atom is -0.436 e. The number of carbonyl (C=O) groups is 2. The fraction of sp³-hybridized carbons (Fsp3) is 0.190. The number of ether oxygens (including phenoxy) is 1. The summed E-state index contributed by atoms with van der Waals surface area (Å²) in [5.74, 6) is -0.360. The van der Waals surface area contributed by atoms with Gasteiger partial charge in [-0.05, 0) is 48.9 Å². The minimum atomic E-state index is -3.78. The molecule has 0 aliphatic carbocycles. The lowest BCUT2D eigenvalue weighted by Gasteiger charge is -2.17. The van der Waals surface area contributed by atoms with E-state index in [0.29, 0.717) is 24.3 Å². The first-order valence-electron chi connectivity index (χ1n) is 9.70. The number of anilines is 3. The number of nitrogens with zero attached hydrogens (tertiary/aromatic N) is 2. The molecule has 1 saturated heterocycles. The Labute approximate surface area is 192 Å². The summed E-state index contributed by atoms with van der Waals surface area (Å²) in [5.41, 5.74) is 2.09. The number of carbonyl (C=O) groups excluding carboxylic acids is 2. The van der Waals surface area contributed by atoms with Gasteiger partial charge in [0.15, 0.2) is 11.2 Å². The molecule has 2 amide bonds. The van der Waals surface area contributed by atoms with Gasteiger partial charge in [-0.2, -0.15) is 0 Å². The molecule has 2 heterocycles. The number of benzene rings is 2. The molecule has 2 aromatic carbocycles. The van der Waals surface area contributed by atoms with Crippen molar-refractivity contribution in [1.82, 2.24) is 4.98 Å². The predicted molar refractivity (Wildman–Crippen MR) is 126 cm³/mol. The molecule has 11 heteroatoms. The van der Waals surface area contributed by atoms with E-state index in [0.717, 1.165) is 5.56 Å². The highest BCUT2D eigenvalue weighted by Crippen LogP contribution is 2.26. The van der Waals surface area contributed by atoms with Crippen molar-refractivity contribution in [3.05, 3.63) is 65.7 Å². The zero-order valence-electron chi connectivity index (χ0n) is 17.0. The predicted octanol–water partition coefficient (Wildman–Crippen LogP) is 4.10. The highest BCUT2D eigenvalue weighted by atomic mass is 32.2. The Morgan fingerprint density at radius 3 is 2.72 bits per heavy atom. The van der Waals surface area contributed by atoms with Crippen LogP contribution in [0.5, 0.6) is 0 Å². The summed E-state index contributed by atoms with van der Waals surface area (Å²) in [6, 6.07) is 13.2. The van der Waals surface area contributed by atoms with Gasteiger partial charge in [-0.15, -0.1) is 11.3 Å². The summed E-state index contributed by atoms with van der Waals surface area (Å²) in [7, 11) is -3.78. The van der Waals surface area contributed by atoms with Crippen LogP contribution in [-0.4, -0.2) is 38.1 Å². The molecule has 0 saturated carbocycles. The fourth-order valence-corrected chi connectivity index (χ4v) is 5.06. The Kier molecular flexibility index (Phi) is 6.10. The third-order valence-corrected chi connectivity index (χ3v) is 6.96. The van der Waals surface area contributed by atoms with Crippen molar-refractivity contribution in [3.8, 4) is 0 Å². The first-order chi connectivity index (χ1) is 15.3. The summed E-state index contributed by atoms with van der Waals surface area (Å²) in [4.78, 5) is 30.3. The van der Waals surface area contributed by atoms with E-state index < -0.39 is 22.2 Å². The van der Waals surface area contributed by atoms with E-state index in [1.807, 2.05) is 19.1 Å². The Bertz CT molecular complexity index is 1240. The third-order valence-electron chi connectivity index (χ3n) is 4.78. The van der Waals surface area contributed by atoms with Gasteiger partial charge in [0.2, 0.25) is 0 Å². The van der Waals surface area contributed by atoms with Crippen LogP contribution in [-0.2, 0) is 19.6 Å². The van der Waals surface area contributed by atoms with Gasteiger partial charge in [-0.3, -0.25) is 14.8 Å². The van der Waals surface area contributed by atoms with Crippen LogP contribution in [0, 0.1) is 6.92 Å². The monoisotopic (exact) mass is 476 g/mol. The number of hydrogen-bond donors (Lipinski definition) is 2. The largest absolute Gasteiger partial charge is 0.436 e. The number of nitrogens with one attached hydrogen (secondary N) is 2. The molecule has 1 aromatic heterocycles. The van der Waals surface area contributed by atoms with Gasteiger partial charge in [-0.1, -0.05) is 12.1 Å². The molecule has 1 atom stereocenters. The maximum absolute atomic E-state index is 12.7. The highest BCUT2D eigenvalue weighted by molar-refractivity contribution is 7.93. The van der Waals surface area contributed by atoms with Gasteiger partial charge in [0.1, 0.15) is 0 Å². The van der Waals surface area contributed by atoms with Crippen molar-refractivity contribution < 1.29 is 25.6 Å². The number of aryl methyl sites for hydroxylation is 1. The second kappa shape index (κ2) is 8.97. The maximum Gasteiger partial charge on any atom is 0.412 e. The number of thiazole rings is 1. The normalized spacial score (nSPS) is 16.1. The van der Waals surface area contributed by atoms with E-state index in [4.69, 9.17) is 4.74 Å². The SMILES string of the molecule is Cc1cccc(NC(=O)O[C@H]2CCN(c3ccc(S(=O)(=O)Nc4nccs4)cc3)C2=O)c1.[HH].[HH]. The molecule has 170 valence electrons. The fourth-order valence-electron chi connectivity index (χ4n) is 3.27. The van der Waals surface area contributed by atoms with Crippen LogP contribution in [0.25, 0.3) is 0 Å². The van der Waals surface area contributed by atoms with Gasteiger partial charge in [0.25, 0.3) is 15.9 Å². The lowest BCUT2D eigenvalue weighted by Crippen LogP contribution is -2.33. The zero-order chi connectivity index (χ0) is 22.7. The topological polar surface area (TPSA) is 118 Å². The van der Waals surface area contributed by atoms with Crippen LogP contribution in [0.3, 0.4) is 0 Å².